The van der Waals surface area contributed by atoms with Gasteiger partial charge < -0.3 is 9.84 Å². The standard InChI is InChI=1S/C13H12FNO2/c14-12-4-1-10(2-5-12)9-17-13-6-3-11(8-16)7-15-13/h1-7,16H,8-9H2. The van der Waals surface area contributed by atoms with Crippen LogP contribution in [0.4, 0.5) is 4.39 Å². The fourth-order valence-electron chi connectivity index (χ4n) is 1.33. The fourth-order valence-corrected chi connectivity index (χ4v) is 1.33. The molecule has 1 aromatic heterocycles. The highest BCUT2D eigenvalue weighted by atomic mass is 19.1. The van der Waals surface area contributed by atoms with Crippen molar-refractivity contribution in [1.29, 1.82) is 0 Å². The highest BCUT2D eigenvalue weighted by Crippen LogP contribution is 2.10. The van der Waals surface area contributed by atoms with Crippen LogP contribution in [0.25, 0.3) is 0 Å². The van der Waals surface area contributed by atoms with Gasteiger partial charge >= 0.3 is 0 Å². The summed E-state index contributed by atoms with van der Waals surface area (Å²) in [6.45, 7) is 0.303. The van der Waals surface area contributed by atoms with Gasteiger partial charge in [0.1, 0.15) is 12.4 Å². The maximum absolute atomic E-state index is 12.7. The Balaban J connectivity index is 1.95. The molecule has 0 spiro atoms. The van der Waals surface area contributed by atoms with Crippen LogP contribution in [0.15, 0.2) is 42.6 Å². The molecule has 0 saturated carbocycles. The van der Waals surface area contributed by atoms with Crippen LogP contribution >= 0.6 is 0 Å². The van der Waals surface area contributed by atoms with Gasteiger partial charge in [0.05, 0.1) is 6.61 Å². The number of ether oxygens (including phenoxy) is 1. The van der Waals surface area contributed by atoms with Crippen molar-refractivity contribution < 1.29 is 14.2 Å². The molecular weight excluding hydrogens is 221 g/mol. The zero-order valence-electron chi connectivity index (χ0n) is 9.14. The molecule has 0 saturated heterocycles. The number of aromatic nitrogens is 1. The Labute approximate surface area is 98.5 Å². The number of benzene rings is 1. The molecule has 1 heterocycles. The Morgan fingerprint density at radius 2 is 1.76 bits per heavy atom. The topological polar surface area (TPSA) is 42.4 Å². The van der Waals surface area contributed by atoms with E-state index >= 15 is 0 Å². The zero-order chi connectivity index (χ0) is 12.1. The van der Waals surface area contributed by atoms with Crippen molar-refractivity contribution in [3.63, 3.8) is 0 Å². The molecule has 88 valence electrons. The Morgan fingerprint density at radius 1 is 1.06 bits per heavy atom. The minimum absolute atomic E-state index is 0.0365. The van der Waals surface area contributed by atoms with E-state index in [1.54, 1.807) is 30.5 Å². The minimum atomic E-state index is -0.265. The molecule has 0 radical (unpaired) electrons. The first-order chi connectivity index (χ1) is 8.28. The maximum atomic E-state index is 12.7. The number of rotatable bonds is 4. The summed E-state index contributed by atoms with van der Waals surface area (Å²) in [5, 5.41) is 8.85. The van der Waals surface area contributed by atoms with E-state index in [1.807, 2.05) is 0 Å². The molecule has 2 aromatic rings. The monoisotopic (exact) mass is 233 g/mol. The molecule has 0 fully saturated rings. The number of aliphatic hydroxyl groups excluding tert-OH is 1. The summed E-state index contributed by atoms with van der Waals surface area (Å²) in [7, 11) is 0. The zero-order valence-corrected chi connectivity index (χ0v) is 9.14. The number of halogens is 1. The molecule has 1 aromatic carbocycles. The molecule has 0 aliphatic heterocycles. The third kappa shape index (κ3) is 3.26. The molecule has 2 rings (SSSR count). The lowest BCUT2D eigenvalue weighted by molar-refractivity contribution is 0.278. The van der Waals surface area contributed by atoms with Gasteiger partial charge in [-0.15, -0.1) is 0 Å². The van der Waals surface area contributed by atoms with Crippen LogP contribution < -0.4 is 4.74 Å². The number of nitrogens with zero attached hydrogens (tertiary/aromatic N) is 1. The molecule has 0 bridgehead atoms. The quantitative estimate of drug-likeness (QED) is 0.881. The largest absolute Gasteiger partial charge is 0.473 e. The van der Waals surface area contributed by atoms with Crippen LogP contribution in [0.2, 0.25) is 0 Å². The number of pyridine rings is 1. The van der Waals surface area contributed by atoms with E-state index in [0.29, 0.717) is 12.5 Å². The summed E-state index contributed by atoms with van der Waals surface area (Å²) in [4.78, 5) is 4.03. The van der Waals surface area contributed by atoms with Gasteiger partial charge in [-0.2, -0.15) is 0 Å². The number of hydrogen-bond donors (Lipinski definition) is 1. The molecule has 0 aliphatic carbocycles. The van der Waals surface area contributed by atoms with E-state index < -0.39 is 0 Å². The van der Waals surface area contributed by atoms with E-state index in [2.05, 4.69) is 4.98 Å². The van der Waals surface area contributed by atoms with Crippen molar-refractivity contribution in [1.82, 2.24) is 4.98 Å². The summed E-state index contributed by atoms with van der Waals surface area (Å²) in [5.74, 6) is 0.214. The lowest BCUT2D eigenvalue weighted by atomic mass is 10.2. The van der Waals surface area contributed by atoms with Crippen molar-refractivity contribution in [2.45, 2.75) is 13.2 Å². The highest BCUT2D eigenvalue weighted by molar-refractivity contribution is 5.19. The van der Waals surface area contributed by atoms with Crippen LogP contribution in [-0.4, -0.2) is 10.1 Å². The molecule has 17 heavy (non-hydrogen) atoms. The first-order valence-electron chi connectivity index (χ1n) is 5.21. The van der Waals surface area contributed by atoms with Crippen molar-refractivity contribution in [2.75, 3.05) is 0 Å². The summed E-state index contributed by atoms with van der Waals surface area (Å²) < 4.78 is 18.1. The number of aliphatic hydroxyl groups is 1. The Hall–Kier alpha value is -1.94. The molecule has 1 N–H and O–H groups in total. The van der Waals surface area contributed by atoms with Gasteiger partial charge in [-0.1, -0.05) is 12.1 Å². The van der Waals surface area contributed by atoms with Gasteiger partial charge in [0, 0.05) is 12.3 Å². The van der Waals surface area contributed by atoms with Crippen molar-refractivity contribution in [3.05, 3.63) is 59.5 Å². The van der Waals surface area contributed by atoms with Gasteiger partial charge in [-0.05, 0) is 29.3 Å². The normalized spacial score (nSPS) is 10.2. The highest BCUT2D eigenvalue weighted by Gasteiger charge is 1.98. The van der Waals surface area contributed by atoms with Gasteiger partial charge in [-0.3, -0.25) is 0 Å². The molecule has 0 atom stereocenters. The summed E-state index contributed by atoms with van der Waals surface area (Å²) in [6.07, 6.45) is 1.56. The molecule has 0 amide bonds. The van der Waals surface area contributed by atoms with Crippen LogP contribution in [0, 0.1) is 5.82 Å². The van der Waals surface area contributed by atoms with Crippen LogP contribution in [0.5, 0.6) is 5.88 Å². The maximum Gasteiger partial charge on any atom is 0.213 e. The minimum Gasteiger partial charge on any atom is -0.473 e. The van der Waals surface area contributed by atoms with Crippen LogP contribution in [0.1, 0.15) is 11.1 Å². The van der Waals surface area contributed by atoms with E-state index in [-0.39, 0.29) is 12.4 Å². The van der Waals surface area contributed by atoms with E-state index in [0.717, 1.165) is 11.1 Å². The van der Waals surface area contributed by atoms with Crippen molar-refractivity contribution >= 4 is 0 Å². The predicted molar refractivity (Wildman–Crippen MR) is 60.9 cm³/mol. The fraction of sp³-hybridized carbons (Fsp3) is 0.154. The van der Waals surface area contributed by atoms with Gasteiger partial charge in [0.25, 0.3) is 0 Å². The van der Waals surface area contributed by atoms with E-state index in [9.17, 15) is 4.39 Å². The summed E-state index contributed by atoms with van der Waals surface area (Å²) in [6, 6.07) is 9.54. The van der Waals surface area contributed by atoms with Crippen molar-refractivity contribution in [3.8, 4) is 5.88 Å². The third-order valence-corrected chi connectivity index (χ3v) is 2.28. The number of hydrogen-bond acceptors (Lipinski definition) is 3. The first kappa shape index (κ1) is 11.5. The molecule has 4 heteroatoms. The summed E-state index contributed by atoms with van der Waals surface area (Å²) >= 11 is 0. The Kier molecular flexibility index (Phi) is 3.67. The molecule has 3 nitrogen and oxygen atoms in total. The average Bonchev–Trinajstić information content (AvgIpc) is 2.39. The average molecular weight is 233 g/mol. The van der Waals surface area contributed by atoms with Crippen LogP contribution in [0.3, 0.4) is 0 Å². The molecular formula is C13H12FNO2. The predicted octanol–water partition coefficient (Wildman–Crippen LogP) is 2.29. The first-order valence-corrected chi connectivity index (χ1v) is 5.21. The van der Waals surface area contributed by atoms with Gasteiger partial charge in [-0.25, -0.2) is 9.37 Å². The van der Waals surface area contributed by atoms with Crippen LogP contribution in [-0.2, 0) is 13.2 Å². The second-order valence-corrected chi connectivity index (χ2v) is 3.58. The lowest BCUT2D eigenvalue weighted by Gasteiger charge is -2.05. The second-order valence-electron chi connectivity index (χ2n) is 3.58. The Bertz CT molecular complexity index is 468. The third-order valence-electron chi connectivity index (χ3n) is 2.28. The van der Waals surface area contributed by atoms with Crippen molar-refractivity contribution in [2.24, 2.45) is 0 Å². The molecule has 0 aliphatic rings. The Morgan fingerprint density at radius 3 is 2.35 bits per heavy atom. The second kappa shape index (κ2) is 5.41. The van der Waals surface area contributed by atoms with Gasteiger partial charge in [0.2, 0.25) is 5.88 Å². The molecule has 0 unspecified atom stereocenters. The SMILES string of the molecule is OCc1ccc(OCc2ccc(F)cc2)nc1. The van der Waals surface area contributed by atoms with E-state index in [1.165, 1.54) is 12.1 Å². The summed E-state index contributed by atoms with van der Waals surface area (Å²) in [5.41, 5.74) is 1.61. The van der Waals surface area contributed by atoms with E-state index in [4.69, 9.17) is 9.84 Å². The lowest BCUT2D eigenvalue weighted by Crippen LogP contribution is -1.97. The smallest absolute Gasteiger partial charge is 0.213 e. The van der Waals surface area contributed by atoms with Gasteiger partial charge in [0.15, 0.2) is 0 Å².